The molecule has 0 saturated heterocycles. The molecule has 7 heteroatoms. The summed E-state index contributed by atoms with van der Waals surface area (Å²) >= 11 is 5.81. The molecular formula is C18H20ClNO5. The van der Waals surface area contributed by atoms with Gasteiger partial charge in [0.1, 0.15) is 18.1 Å². The quantitative estimate of drug-likeness (QED) is 0.558. The lowest BCUT2D eigenvalue weighted by Crippen LogP contribution is -2.00. The summed E-state index contributed by atoms with van der Waals surface area (Å²) in [5, 5.41) is 9.08. The lowest BCUT2D eigenvalue weighted by Gasteiger charge is -2.10. The van der Waals surface area contributed by atoms with Gasteiger partial charge in [-0.2, -0.15) is 0 Å². The highest BCUT2D eigenvalue weighted by molar-refractivity contribution is 6.17. The Bertz CT molecular complexity index is 782. The van der Waals surface area contributed by atoms with Gasteiger partial charge in [-0.25, -0.2) is 9.78 Å². The molecule has 0 saturated carbocycles. The number of benzene rings is 1. The fraction of sp³-hybridized carbons (Fsp3) is 0.333. The minimum Gasteiger partial charge on any atom is -0.493 e. The number of aryl methyl sites for hydroxylation is 1. The molecule has 6 nitrogen and oxygen atoms in total. The van der Waals surface area contributed by atoms with Crippen molar-refractivity contribution in [3.8, 4) is 11.5 Å². The Morgan fingerprint density at radius 1 is 1.40 bits per heavy atom. The van der Waals surface area contributed by atoms with E-state index in [-0.39, 0.29) is 18.1 Å². The van der Waals surface area contributed by atoms with Crippen LogP contribution in [0.15, 0.2) is 28.2 Å². The molecule has 134 valence electrons. The van der Waals surface area contributed by atoms with Crippen LogP contribution in [0.4, 0.5) is 0 Å². The van der Waals surface area contributed by atoms with Crippen molar-refractivity contribution in [2.75, 3.05) is 7.11 Å². The second-order valence-electron chi connectivity index (χ2n) is 5.29. The summed E-state index contributed by atoms with van der Waals surface area (Å²) in [6, 6.07) is 5.45. The maximum atomic E-state index is 11.1. The van der Waals surface area contributed by atoms with Gasteiger partial charge in [-0.15, -0.1) is 11.6 Å². The van der Waals surface area contributed by atoms with Crippen molar-refractivity contribution >= 4 is 23.6 Å². The maximum absolute atomic E-state index is 11.1. The van der Waals surface area contributed by atoms with E-state index in [4.69, 9.17) is 30.6 Å². The molecular weight excluding hydrogens is 346 g/mol. The van der Waals surface area contributed by atoms with Gasteiger partial charge in [0.2, 0.25) is 5.89 Å². The van der Waals surface area contributed by atoms with Crippen LogP contribution >= 0.6 is 11.6 Å². The minimum absolute atomic E-state index is 0.175. The van der Waals surface area contributed by atoms with Gasteiger partial charge >= 0.3 is 5.97 Å². The van der Waals surface area contributed by atoms with Gasteiger partial charge in [0.05, 0.1) is 7.11 Å². The Hall–Kier alpha value is -2.47. The Morgan fingerprint density at radius 3 is 2.76 bits per heavy atom. The molecule has 0 bridgehead atoms. The van der Waals surface area contributed by atoms with Crippen molar-refractivity contribution in [2.45, 2.75) is 32.8 Å². The number of aliphatic carboxylic acids is 1. The number of aromatic nitrogens is 1. The number of methoxy groups -OCH3 is 1. The van der Waals surface area contributed by atoms with Crippen LogP contribution in [0.5, 0.6) is 11.5 Å². The standard InChI is InChI=1S/C18H20ClNO5/c1-4-13(18(21)22)8-17-20-14(11(2)25-17)10-24-15-6-5-12(9-19)7-16(15)23-3/h5-8H,4,9-10H2,1-3H3,(H,21,22). The third kappa shape index (κ3) is 4.76. The highest BCUT2D eigenvalue weighted by Gasteiger charge is 2.13. The molecule has 0 amide bonds. The lowest BCUT2D eigenvalue weighted by molar-refractivity contribution is -0.132. The number of hydrogen-bond acceptors (Lipinski definition) is 5. The second kappa shape index (κ2) is 8.58. The van der Waals surface area contributed by atoms with Gasteiger partial charge in [-0.3, -0.25) is 0 Å². The van der Waals surface area contributed by atoms with E-state index in [9.17, 15) is 4.79 Å². The van der Waals surface area contributed by atoms with E-state index < -0.39 is 5.97 Å². The van der Waals surface area contributed by atoms with Gasteiger partial charge in [0.25, 0.3) is 0 Å². The third-order valence-corrected chi connectivity index (χ3v) is 3.92. The van der Waals surface area contributed by atoms with Crippen molar-refractivity contribution in [1.82, 2.24) is 4.98 Å². The molecule has 2 aromatic rings. The molecule has 1 heterocycles. The summed E-state index contributed by atoms with van der Waals surface area (Å²) in [6.45, 7) is 3.69. The topological polar surface area (TPSA) is 81.8 Å². The number of carbonyl (C=O) groups is 1. The molecule has 0 fully saturated rings. The first-order valence-corrected chi connectivity index (χ1v) is 8.27. The van der Waals surface area contributed by atoms with Gasteiger partial charge in [0, 0.05) is 17.5 Å². The van der Waals surface area contributed by atoms with E-state index in [1.165, 1.54) is 6.08 Å². The molecule has 0 radical (unpaired) electrons. The molecule has 0 atom stereocenters. The van der Waals surface area contributed by atoms with Crippen LogP contribution in [0.1, 0.15) is 36.3 Å². The van der Waals surface area contributed by atoms with Crippen molar-refractivity contribution in [3.05, 3.63) is 46.7 Å². The van der Waals surface area contributed by atoms with Gasteiger partial charge in [0.15, 0.2) is 11.5 Å². The Morgan fingerprint density at radius 2 is 2.16 bits per heavy atom. The third-order valence-electron chi connectivity index (χ3n) is 3.61. The first-order valence-electron chi connectivity index (χ1n) is 7.74. The summed E-state index contributed by atoms with van der Waals surface area (Å²) in [4.78, 5) is 15.4. The minimum atomic E-state index is -0.986. The molecule has 25 heavy (non-hydrogen) atoms. The number of nitrogens with zero attached hydrogens (tertiary/aromatic N) is 1. The Kier molecular flexibility index (Phi) is 6.47. The number of ether oxygens (including phenoxy) is 2. The van der Waals surface area contributed by atoms with Gasteiger partial charge < -0.3 is 19.0 Å². The number of carboxylic acids is 1. The van der Waals surface area contributed by atoms with Crippen LogP contribution in [-0.4, -0.2) is 23.2 Å². The first-order chi connectivity index (χ1) is 12.0. The number of oxazole rings is 1. The average Bonchev–Trinajstić information content (AvgIpc) is 2.96. The number of hydrogen-bond donors (Lipinski definition) is 1. The number of halogens is 1. The molecule has 1 N–H and O–H groups in total. The summed E-state index contributed by atoms with van der Waals surface area (Å²) in [6.07, 6.45) is 1.81. The van der Waals surface area contributed by atoms with E-state index in [1.54, 1.807) is 27.0 Å². The van der Waals surface area contributed by atoms with Crippen molar-refractivity contribution < 1.29 is 23.8 Å². The highest BCUT2D eigenvalue weighted by atomic mass is 35.5. The van der Waals surface area contributed by atoms with Crippen molar-refractivity contribution in [2.24, 2.45) is 0 Å². The smallest absolute Gasteiger partial charge is 0.331 e. The van der Waals surface area contributed by atoms with Crippen molar-refractivity contribution in [1.29, 1.82) is 0 Å². The molecule has 0 unspecified atom stereocenters. The highest BCUT2D eigenvalue weighted by Crippen LogP contribution is 2.29. The maximum Gasteiger partial charge on any atom is 0.331 e. The SMILES string of the molecule is CCC(=Cc1nc(COc2ccc(CCl)cc2OC)c(C)o1)C(=O)O. The number of carboxylic acid groups (broad SMARTS) is 1. The van der Waals surface area contributed by atoms with E-state index >= 15 is 0 Å². The van der Waals surface area contributed by atoms with Crippen LogP contribution in [0.3, 0.4) is 0 Å². The van der Waals surface area contributed by atoms with E-state index in [2.05, 4.69) is 4.98 Å². The lowest BCUT2D eigenvalue weighted by atomic mass is 10.2. The first kappa shape index (κ1) is 18.9. The van der Waals surface area contributed by atoms with E-state index in [1.807, 2.05) is 12.1 Å². The van der Waals surface area contributed by atoms with Gasteiger partial charge in [-0.1, -0.05) is 13.0 Å². The van der Waals surface area contributed by atoms with E-state index in [0.29, 0.717) is 35.3 Å². The molecule has 1 aromatic heterocycles. The van der Waals surface area contributed by atoms with Crippen LogP contribution < -0.4 is 9.47 Å². The molecule has 0 spiro atoms. The predicted molar refractivity (Wildman–Crippen MR) is 94.0 cm³/mol. The fourth-order valence-electron chi connectivity index (χ4n) is 2.17. The fourth-order valence-corrected chi connectivity index (χ4v) is 2.34. The van der Waals surface area contributed by atoms with Gasteiger partial charge in [-0.05, 0) is 31.0 Å². The molecule has 2 rings (SSSR count). The Labute approximate surface area is 151 Å². The van der Waals surface area contributed by atoms with Crippen molar-refractivity contribution in [3.63, 3.8) is 0 Å². The average molecular weight is 366 g/mol. The largest absolute Gasteiger partial charge is 0.493 e. The normalized spacial score (nSPS) is 11.4. The second-order valence-corrected chi connectivity index (χ2v) is 5.56. The number of alkyl halides is 1. The summed E-state index contributed by atoms with van der Waals surface area (Å²) in [5.41, 5.74) is 1.75. The summed E-state index contributed by atoms with van der Waals surface area (Å²) in [5.74, 6) is 1.37. The Balaban J connectivity index is 2.15. The van der Waals surface area contributed by atoms with Crippen LogP contribution in [-0.2, 0) is 17.3 Å². The predicted octanol–water partition coefficient (Wildman–Crippen LogP) is 4.19. The zero-order chi connectivity index (χ0) is 18.4. The zero-order valence-corrected chi connectivity index (χ0v) is 15.1. The number of rotatable bonds is 8. The zero-order valence-electron chi connectivity index (χ0n) is 14.3. The molecule has 0 aliphatic carbocycles. The monoisotopic (exact) mass is 365 g/mol. The van der Waals surface area contributed by atoms with Crippen LogP contribution in [0.2, 0.25) is 0 Å². The molecule has 0 aliphatic heterocycles. The molecule has 1 aromatic carbocycles. The summed E-state index contributed by atoms with van der Waals surface area (Å²) < 4.78 is 16.6. The summed E-state index contributed by atoms with van der Waals surface area (Å²) in [7, 11) is 1.56. The van der Waals surface area contributed by atoms with Crippen LogP contribution in [0.25, 0.3) is 6.08 Å². The van der Waals surface area contributed by atoms with Crippen LogP contribution in [0, 0.1) is 6.92 Å². The van der Waals surface area contributed by atoms with E-state index in [0.717, 1.165) is 5.56 Å². The molecule has 0 aliphatic rings.